The first-order chi connectivity index (χ1) is 19.3. The van der Waals surface area contributed by atoms with Crippen molar-refractivity contribution in [2.24, 2.45) is 27.1 Å². The normalized spacial score (nSPS) is 15.4. The summed E-state index contributed by atoms with van der Waals surface area (Å²) in [4.78, 5) is 29.1. The van der Waals surface area contributed by atoms with Crippen molar-refractivity contribution in [3.05, 3.63) is 94.5 Å². The SMILES string of the molecule is CN=NC(=NN)c1cccc(-c2ccccc2C(=O)N[C@@H](C(=O)N2CCC(c3ccc(Cl)cc3)CC2)C(C)C)c1. The number of azo groups is 1. The first kappa shape index (κ1) is 29.0. The second-order valence-corrected chi connectivity index (χ2v) is 10.7. The minimum Gasteiger partial charge on any atom is -0.341 e. The molecule has 3 aromatic carbocycles. The molecule has 4 rings (SSSR count). The van der Waals surface area contributed by atoms with Crippen molar-refractivity contribution >= 4 is 29.3 Å². The van der Waals surface area contributed by atoms with Crippen molar-refractivity contribution in [3.63, 3.8) is 0 Å². The third-order valence-electron chi connectivity index (χ3n) is 7.29. The van der Waals surface area contributed by atoms with Gasteiger partial charge in [0.25, 0.3) is 5.91 Å². The molecule has 0 unspecified atom stereocenters. The van der Waals surface area contributed by atoms with E-state index in [-0.39, 0.29) is 23.6 Å². The van der Waals surface area contributed by atoms with E-state index < -0.39 is 6.04 Å². The molecule has 0 radical (unpaired) electrons. The van der Waals surface area contributed by atoms with E-state index in [2.05, 4.69) is 32.8 Å². The zero-order valence-electron chi connectivity index (χ0n) is 23.0. The highest BCUT2D eigenvalue weighted by Crippen LogP contribution is 2.30. The summed E-state index contributed by atoms with van der Waals surface area (Å²) >= 11 is 6.04. The maximum Gasteiger partial charge on any atom is 0.252 e. The number of amidine groups is 1. The highest BCUT2D eigenvalue weighted by molar-refractivity contribution is 6.30. The lowest BCUT2D eigenvalue weighted by Crippen LogP contribution is -2.52. The van der Waals surface area contributed by atoms with Crippen LogP contribution in [0.5, 0.6) is 0 Å². The first-order valence-electron chi connectivity index (χ1n) is 13.4. The maximum atomic E-state index is 13.6. The molecule has 1 saturated heterocycles. The van der Waals surface area contributed by atoms with E-state index in [9.17, 15) is 9.59 Å². The number of hydrazone groups is 1. The van der Waals surface area contributed by atoms with Crippen LogP contribution in [0.2, 0.25) is 5.02 Å². The second kappa shape index (κ2) is 13.3. The van der Waals surface area contributed by atoms with E-state index in [1.54, 1.807) is 13.1 Å². The number of rotatable bonds is 7. The number of benzene rings is 3. The van der Waals surface area contributed by atoms with Crippen LogP contribution in [0.3, 0.4) is 0 Å². The van der Waals surface area contributed by atoms with E-state index >= 15 is 0 Å². The number of carbonyl (C=O) groups is 2. The van der Waals surface area contributed by atoms with Gasteiger partial charge in [-0.3, -0.25) is 9.59 Å². The smallest absolute Gasteiger partial charge is 0.252 e. The second-order valence-electron chi connectivity index (χ2n) is 10.2. The van der Waals surface area contributed by atoms with Gasteiger partial charge in [-0.05, 0) is 65.6 Å². The van der Waals surface area contributed by atoms with Gasteiger partial charge in [-0.2, -0.15) is 10.2 Å². The van der Waals surface area contributed by atoms with Crippen molar-refractivity contribution in [2.75, 3.05) is 20.1 Å². The van der Waals surface area contributed by atoms with Crippen LogP contribution in [0.4, 0.5) is 0 Å². The van der Waals surface area contributed by atoms with E-state index in [1.165, 1.54) is 5.56 Å². The number of amides is 2. The van der Waals surface area contributed by atoms with Gasteiger partial charge in [-0.15, -0.1) is 5.11 Å². The van der Waals surface area contributed by atoms with Gasteiger partial charge in [-0.1, -0.05) is 74.0 Å². The monoisotopic (exact) mass is 558 g/mol. The molecular formula is C31H35ClN6O2. The Kier molecular flexibility index (Phi) is 9.66. The zero-order chi connectivity index (χ0) is 28.6. The van der Waals surface area contributed by atoms with Gasteiger partial charge in [0.05, 0.1) is 0 Å². The predicted molar refractivity (Wildman–Crippen MR) is 159 cm³/mol. The van der Waals surface area contributed by atoms with Crippen LogP contribution in [-0.2, 0) is 4.79 Å². The summed E-state index contributed by atoms with van der Waals surface area (Å²) in [7, 11) is 1.54. The number of hydrogen-bond donors (Lipinski definition) is 2. The van der Waals surface area contributed by atoms with Crippen molar-refractivity contribution < 1.29 is 9.59 Å². The zero-order valence-corrected chi connectivity index (χ0v) is 23.8. The lowest BCUT2D eigenvalue weighted by molar-refractivity contribution is -0.135. The number of likely N-dealkylation sites (tertiary alicyclic amines) is 1. The number of nitrogens with two attached hydrogens (primary N) is 1. The number of piperidine rings is 1. The summed E-state index contributed by atoms with van der Waals surface area (Å²) < 4.78 is 0. The molecule has 0 spiro atoms. The fourth-order valence-electron chi connectivity index (χ4n) is 5.11. The summed E-state index contributed by atoms with van der Waals surface area (Å²) in [5, 5.41) is 15.2. The largest absolute Gasteiger partial charge is 0.341 e. The van der Waals surface area contributed by atoms with Gasteiger partial charge >= 0.3 is 0 Å². The molecule has 1 aliphatic heterocycles. The Balaban J connectivity index is 1.50. The number of hydrogen-bond acceptors (Lipinski definition) is 5. The van der Waals surface area contributed by atoms with Gasteiger partial charge in [0, 0.05) is 36.3 Å². The minimum atomic E-state index is -0.639. The van der Waals surface area contributed by atoms with E-state index in [0.717, 1.165) is 29.0 Å². The van der Waals surface area contributed by atoms with Gasteiger partial charge in [-0.25, -0.2) is 0 Å². The van der Waals surface area contributed by atoms with Crippen LogP contribution in [-0.4, -0.2) is 48.7 Å². The molecule has 2 amide bonds. The molecule has 1 aliphatic rings. The number of nitrogens with one attached hydrogen (secondary N) is 1. The summed E-state index contributed by atoms with van der Waals surface area (Å²) in [5.74, 6) is 5.75. The molecule has 8 nitrogen and oxygen atoms in total. The van der Waals surface area contributed by atoms with E-state index in [1.807, 2.05) is 73.3 Å². The lowest BCUT2D eigenvalue weighted by atomic mass is 9.89. The molecule has 3 N–H and O–H groups in total. The molecule has 208 valence electrons. The highest BCUT2D eigenvalue weighted by Gasteiger charge is 2.32. The minimum absolute atomic E-state index is 0.0499. The molecule has 3 aromatic rings. The fourth-order valence-corrected chi connectivity index (χ4v) is 5.23. The Morgan fingerprint density at radius 1 is 1.00 bits per heavy atom. The Morgan fingerprint density at radius 2 is 1.70 bits per heavy atom. The van der Waals surface area contributed by atoms with Crippen molar-refractivity contribution in [3.8, 4) is 11.1 Å². The van der Waals surface area contributed by atoms with Crippen LogP contribution < -0.4 is 11.2 Å². The third kappa shape index (κ3) is 6.74. The van der Waals surface area contributed by atoms with Crippen LogP contribution in [0.15, 0.2) is 88.1 Å². The van der Waals surface area contributed by atoms with Gasteiger partial charge in [0.15, 0.2) is 5.84 Å². The number of halogens is 1. The standard InChI is InChI=1S/C31H35ClN6O2/c1-20(2)28(31(40)38-17-15-22(16-18-38)21-11-13-25(32)14-12-21)35-30(39)27-10-5-4-9-26(27)23-7-6-8-24(19-23)29(36-33)37-34-3/h4-14,19-20,22,28H,15-18,33H2,1-3H3,(H,35,39)/t28-/m1/s1. The summed E-state index contributed by atoms with van der Waals surface area (Å²) in [6, 6.07) is 22.1. The summed E-state index contributed by atoms with van der Waals surface area (Å²) in [6.45, 7) is 5.20. The third-order valence-corrected chi connectivity index (χ3v) is 7.54. The van der Waals surface area contributed by atoms with Gasteiger partial charge in [0.1, 0.15) is 6.04 Å². The van der Waals surface area contributed by atoms with Crippen LogP contribution in [0.25, 0.3) is 11.1 Å². The van der Waals surface area contributed by atoms with Crippen LogP contribution in [0, 0.1) is 5.92 Å². The molecule has 0 aromatic heterocycles. The average Bonchev–Trinajstić information content (AvgIpc) is 2.98. The van der Waals surface area contributed by atoms with Crippen molar-refractivity contribution in [1.82, 2.24) is 10.2 Å². The maximum absolute atomic E-state index is 13.6. The average molecular weight is 559 g/mol. The van der Waals surface area contributed by atoms with E-state index in [4.69, 9.17) is 17.4 Å². The molecule has 9 heteroatoms. The van der Waals surface area contributed by atoms with Crippen LogP contribution >= 0.6 is 11.6 Å². The predicted octanol–water partition coefficient (Wildman–Crippen LogP) is 5.87. The Labute approximate surface area is 240 Å². The Bertz CT molecular complexity index is 1390. The Morgan fingerprint density at radius 3 is 2.35 bits per heavy atom. The molecule has 0 saturated carbocycles. The molecule has 1 fully saturated rings. The van der Waals surface area contributed by atoms with Crippen molar-refractivity contribution in [1.29, 1.82) is 0 Å². The Hall–Kier alpha value is -4.04. The number of carbonyl (C=O) groups excluding carboxylic acids is 2. The van der Waals surface area contributed by atoms with Crippen molar-refractivity contribution in [2.45, 2.75) is 38.6 Å². The van der Waals surface area contributed by atoms with Crippen LogP contribution in [0.1, 0.15) is 54.1 Å². The fraction of sp³-hybridized carbons (Fsp3) is 0.323. The highest BCUT2D eigenvalue weighted by atomic mass is 35.5. The van der Waals surface area contributed by atoms with Gasteiger partial charge < -0.3 is 16.1 Å². The molecular weight excluding hydrogens is 524 g/mol. The quantitative estimate of drug-likeness (QED) is 0.124. The molecule has 40 heavy (non-hydrogen) atoms. The first-order valence-corrected chi connectivity index (χ1v) is 13.8. The molecule has 1 heterocycles. The summed E-state index contributed by atoms with van der Waals surface area (Å²) in [6.07, 6.45) is 1.74. The molecule has 1 atom stereocenters. The lowest BCUT2D eigenvalue weighted by Gasteiger charge is -2.35. The molecule has 0 bridgehead atoms. The number of nitrogens with zero attached hydrogens (tertiary/aromatic N) is 4. The van der Waals surface area contributed by atoms with E-state index in [0.29, 0.717) is 30.1 Å². The van der Waals surface area contributed by atoms with Gasteiger partial charge in [0.2, 0.25) is 5.91 Å². The summed E-state index contributed by atoms with van der Waals surface area (Å²) in [5.41, 5.74) is 3.92. The topological polar surface area (TPSA) is 113 Å². The molecule has 0 aliphatic carbocycles.